The zero-order chi connectivity index (χ0) is 22.4. The highest BCUT2D eigenvalue weighted by Gasteiger charge is 2.53. The molecule has 10 heteroatoms. The lowest BCUT2D eigenvalue weighted by Gasteiger charge is -2.47. The van der Waals surface area contributed by atoms with Crippen LogP contribution in [0.5, 0.6) is 5.88 Å². The molecule has 3 N–H and O–H groups in total. The van der Waals surface area contributed by atoms with Gasteiger partial charge in [-0.25, -0.2) is 18.4 Å². The van der Waals surface area contributed by atoms with E-state index < -0.39 is 26.0 Å². The highest BCUT2D eigenvalue weighted by molar-refractivity contribution is 7.93. The predicted molar refractivity (Wildman–Crippen MR) is 116 cm³/mol. The number of nitrogens with one attached hydrogen (secondary N) is 3. The fraction of sp³-hybridized carbons (Fsp3) is 0.429. The molecule has 1 aromatic heterocycles. The monoisotopic (exact) mass is 443 g/mol. The molecule has 1 aliphatic carbocycles. The van der Waals surface area contributed by atoms with Crippen molar-refractivity contribution >= 4 is 27.3 Å². The first-order chi connectivity index (χ1) is 14.6. The van der Waals surface area contributed by atoms with E-state index >= 15 is 0 Å². The van der Waals surface area contributed by atoms with Gasteiger partial charge < -0.3 is 15.4 Å². The quantitative estimate of drug-likeness (QED) is 0.661. The topological polar surface area (TPSA) is 134 Å². The van der Waals surface area contributed by atoms with Gasteiger partial charge in [-0.1, -0.05) is 6.07 Å². The van der Waals surface area contributed by atoms with E-state index in [1.165, 1.54) is 19.5 Å². The number of aryl methyl sites for hydroxylation is 1. The van der Waals surface area contributed by atoms with Gasteiger partial charge in [0.15, 0.2) is 9.84 Å². The second-order valence-corrected chi connectivity index (χ2v) is 11.0. The van der Waals surface area contributed by atoms with Crippen LogP contribution in [0.1, 0.15) is 48.3 Å². The van der Waals surface area contributed by atoms with Crippen molar-refractivity contribution in [3.63, 3.8) is 0 Å². The second kappa shape index (κ2) is 7.30. The Hall–Kier alpha value is -3.01. The number of carbonyl (C=O) groups excluding carboxylic acids is 1. The maximum atomic E-state index is 13.0. The first-order valence-electron chi connectivity index (χ1n) is 9.98. The van der Waals surface area contributed by atoms with Crippen LogP contribution in [0.15, 0.2) is 30.6 Å². The molecule has 1 spiro atoms. The Bertz CT molecular complexity index is 1160. The summed E-state index contributed by atoms with van der Waals surface area (Å²) in [7, 11) is -2.09. The summed E-state index contributed by atoms with van der Waals surface area (Å²) in [5.74, 6) is -0.223. The van der Waals surface area contributed by atoms with Crippen LogP contribution in [0.25, 0.3) is 0 Å². The van der Waals surface area contributed by atoms with Crippen LogP contribution in [-0.2, 0) is 21.8 Å². The van der Waals surface area contributed by atoms with Crippen molar-refractivity contribution in [1.82, 2.24) is 15.3 Å². The minimum atomic E-state index is -3.55. The summed E-state index contributed by atoms with van der Waals surface area (Å²) >= 11 is 0. The van der Waals surface area contributed by atoms with Crippen LogP contribution in [0.4, 0.5) is 5.69 Å². The summed E-state index contributed by atoms with van der Waals surface area (Å²) in [5, 5.41) is 14.4. The van der Waals surface area contributed by atoms with Crippen molar-refractivity contribution < 1.29 is 17.9 Å². The summed E-state index contributed by atoms with van der Waals surface area (Å²) in [5.41, 5.74) is 1.61. The number of amidine groups is 1. The van der Waals surface area contributed by atoms with E-state index in [0.717, 1.165) is 24.0 Å². The molecule has 2 aliphatic rings. The van der Waals surface area contributed by atoms with E-state index in [-0.39, 0.29) is 17.3 Å². The van der Waals surface area contributed by atoms with Crippen LogP contribution in [0.2, 0.25) is 0 Å². The number of hydrogen-bond acceptors (Lipinski definition) is 7. The zero-order valence-electron chi connectivity index (χ0n) is 17.7. The van der Waals surface area contributed by atoms with E-state index in [2.05, 4.69) is 20.6 Å². The molecule has 9 nitrogen and oxygen atoms in total. The highest BCUT2D eigenvalue weighted by atomic mass is 32.2. The van der Waals surface area contributed by atoms with Crippen molar-refractivity contribution in [2.75, 3.05) is 18.2 Å². The Morgan fingerprint density at radius 1 is 1.26 bits per heavy atom. The van der Waals surface area contributed by atoms with Crippen molar-refractivity contribution in [3.8, 4) is 5.88 Å². The average Bonchev–Trinajstić information content (AvgIpc) is 2.73. The van der Waals surface area contributed by atoms with Crippen molar-refractivity contribution in [2.24, 2.45) is 0 Å². The summed E-state index contributed by atoms with van der Waals surface area (Å²) in [4.78, 5) is 20.6. The summed E-state index contributed by atoms with van der Waals surface area (Å²) in [6.45, 7) is 3.11. The number of benzene rings is 1. The minimum Gasteiger partial charge on any atom is -0.480 e. The number of anilines is 1. The van der Waals surface area contributed by atoms with Gasteiger partial charge in [0.2, 0.25) is 5.88 Å². The first kappa shape index (κ1) is 21.2. The maximum Gasteiger partial charge on any atom is 0.275 e. The molecular formula is C21H25N5O4S. The first-order valence-corrected chi connectivity index (χ1v) is 11.6. The molecular weight excluding hydrogens is 418 g/mol. The molecule has 1 saturated heterocycles. The predicted octanol–water partition coefficient (Wildman–Crippen LogP) is 2.04. The van der Waals surface area contributed by atoms with Crippen LogP contribution >= 0.6 is 0 Å². The SMILES string of the molecule is COc1cnc(C(=O)Nc2ccc3c(c2)[C@]2(CCC3)CS(=O)(=O)C(C)(C)C(=N)N2)cn1. The highest BCUT2D eigenvalue weighted by Crippen LogP contribution is 2.42. The average molecular weight is 444 g/mol. The Morgan fingerprint density at radius 2 is 2.03 bits per heavy atom. The Balaban J connectivity index is 1.67. The van der Waals surface area contributed by atoms with Gasteiger partial charge in [-0.3, -0.25) is 10.2 Å². The van der Waals surface area contributed by atoms with Crippen LogP contribution in [0.3, 0.4) is 0 Å². The van der Waals surface area contributed by atoms with Gasteiger partial charge >= 0.3 is 0 Å². The van der Waals surface area contributed by atoms with Gasteiger partial charge in [-0.15, -0.1) is 0 Å². The summed E-state index contributed by atoms with van der Waals surface area (Å²) < 4.78 is 29.7. The van der Waals surface area contributed by atoms with Crippen molar-refractivity contribution in [1.29, 1.82) is 5.41 Å². The molecule has 164 valence electrons. The largest absolute Gasteiger partial charge is 0.480 e. The molecule has 2 aromatic rings. The maximum absolute atomic E-state index is 13.0. The number of rotatable bonds is 3. The van der Waals surface area contributed by atoms with Crippen molar-refractivity contribution in [3.05, 3.63) is 47.4 Å². The van der Waals surface area contributed by atoms with Gasteiger partial charge in [0.1, 0.15) is 16.3 Å². The van der Waals surface area contributed by atoms with Gasteiger partial charge in [0.25, 0.3) is 5.91 Å². The lowest BCUT2D eigenvalue weighted by molar-refractivity contribution is 0.102. The molecule has 1 fully saturated rings. The smallest absolute Gasteiger partial charge is 0.275 e. The summed E-state index contributed by atoms with van der Waals surface area (Å²) in [6.07, 6.45) is 4.91. The third kappa shape index (κ3) is 3.54. The molecule has 31 heavy (non-hydrogen) atoms. The number of fused-ring (bicyclic) bond motifs is 2. The van der Waals surface area contributed by atoms with E-state index in [4.69, 9.17) is 10.1 Å². The van der Waals surface area contributed by atoms with E-state index in [9.17, 15) is 13.2 Å². The zero-order valence-corrected chi connectivity index (χ0v) is 18.5. The molecule has 1 aromatic carbocycles. The molecule has 1 atom stereocenters. The molecule has 1 amide bonds. The number of ether oxygens (including phenoxy) is 1. The van der Waals surface area contributed by atoms with Gasteiger partial charge in [-0.05, 0) is 56.4 Å². The van der Waals surface area contributed by atoms with Crippen LogP contribution in [0, 0.1) is 5.41 Å². The van der Waals surface area contributed by atoms with Gasteiger partial charge in [-0.2, -0.15) is 0 Å². The standard InChI is InChI=1S/C21H25N5O4S/c1-20(2)19(22)26-21(12-31(20,28)29)8-4-5-13-6-7-14(9-15(13)21)25-18(27)16-10-24-17(30-3)11-23-16/h6-7,9-11H,4-5,8,12H2,1-3H3,(H2,22,26)(H,25,27)/t21-/m0/s1. The number of nitrogens with zero attached hydrogens (tertiary/aromatic N) is 2. The molecule has 4 rings (SSSR count). The van der Waals surface area contributed by atoms with E-state index in [1.54, 1.807) is 26.0 Å². The molecule has 0 saturated carbocycles. The van der Waals surface area contributed by atoms with Crippen molar-refractivity contribution in [2.45, 2.75) is 43.4 Å². The molecule has 0 bridgehead atoms. The number of sulfone groups is 1. The van der Waals surface area contributed by atoms with Gasteiger partial charge in [0.05, 0.1) is 30.8 Å². The number of methoxy groups -OCH3 is 1. The Kier molecular flexibility index (Phi) is 5.00. The third-order valence-corrected chi connectivity index (χ3v) is 8.82. The number of carbonyl (C=O) groups is 1. The lowest BCUT2D eigenvalue weighted by atomic mass is 9.76. The van der Waals surface area contributed by atoms with E-state index in [0.29, 0.717) is 18.0 Å². The number of aromatic nitrogens is 2. The molecule has 0 radical (unpaired) electrons. The van der Waals surface area contributed by atoms with Gasteiger partial charge in [0, 0.05) is 5.69 Å². The number of hydrogen-bond donors (Lipinski definition) is 3. The fourth-order valence-corrected chi connectivity index (χ4v) is 5.88. The van der Waals surface area contributed by atoms with E-state index in [1.807, 2.05) is 6.07 Å². The Morgan fingerprint density at radius 3 is 2.68 bits per heavy atom. The molecule has 0 unspecified atom stereocenters. The molecule has 1 aliphatic heterocycles. The lowest BCUT2D eigenvalue weighted by Crippen LogP contribution is -2.65. The van der Waals surface area contributed by atoms with Crippen LogP contribution in [-0.4, -0.2) is 47.7 Å². The minimum absolute atomic E-state index is 0.00505. The normalized spacial score (nSPS) is 23.5. The summed E-state index contributed by atoms with van der Waals surface area (Å²) in [6, 6.07) is 5.50. The van der Waals surface area contributed by atoms with Crippen LogP contribution < -0.4 is 15.4 Å². The fourth-order valence-electron chi connectivity index (χ4n) is 4.13. The Labute approximate surface area is 181 Å². The number of amides is 1. The second-order valence-electron chi connectivity index (χ2n) is 8.48. The third-order valence-electron chi connectivity index (χ3n) is 6.18. The molecule has 2 heterocycles.